The topological polar surface area (TPSA) is 30.5 Å². The Hall–Kier alpha value is -1.13. The SMILES string of the molecule is CCNC(C)c1c(F)cccc1OCC1CCOC1. The molecule has 19 heavy (non-hydrogen) atoms. The molecule has 2 unspecified atom stereocenters. The minimum atomic E-state index is -0.214. The maximum Gasteiger partial charge on any atom is 0.131 e. The number of rotatable bonds is 6. The van der Waals surface area contributed by atoms with Gasteiger partial charge in [-0.1, -0.05) is 13.0 Å². The Morgan fingerprint density at radius 3 is 3.05 bits per heavy atom. The molecule has 1 fully saturated rings. The molecule has 1 heterocycles. The lowest BCUT2D eigenvalue weighted by Crippen LogP contribution is -2.21. The Labute approximate surface area is 114 Å². The molecule has 0 spiro atoms. The number of hydrogen-bond acceptors (Lipinski definition) is 3. The van der Waals surface area contributed by atoms with Crippen LogP contribution in [-0.2, 0) is 4.74 Å². The normalized spacial score (nSPS) is 20.5. The summed E-state index contributed by atoms with van der Waals surface area (Å²) in [6.45, 7) is 6.90. The van der Waals surface area contributed by atoms with E-state index in [-0.39, 0.29) is 11.9 Å². The van der Waals surface area contributed by atoms with Crippen molar-refractivity contribution in [2.45, 2.75) is 26.3 Å². The second kappa shape index (κ2) is 6.87. The summed E-state index contributed by atoms with van der Waals surface area (Å²) < 4.78 is 25.1. The van der Waals surface area contributed by atoms with E-state index < -0.39 is 0 Å². The molecular weight excluding hydrogens is 245 g/mol. The van der Waals surface area contributed by atoms with Crippen molar-refractivity contribution in [3.63, 3.8) is 0 Å². The third-order valence-corrected chi connectivity index (χ3v) is 3.45. The number of nitrogens with one attached hydrogen (secondary N) is 1. The molecule has 1 saturated heterocycles. The van der Waals surface area contributed by atoms with Crippen LogP contribution in [0.3, 0.4) is 0 Å². The minimum Gasteiger partial charge on any atom is -0.493 e. The highest BCUT2D eigenvalue weighted by Crippen LogP contribution is 2.28. The lowest BCUT2D eigenvalue weighted by atomic mass is 10.1. The van der Waals surface area contributed by atoms with E-state index >= 15 is 0 Å². The zero-order chi connectivity index (χ0) is 13.7. The summed E-state index contributed by atoms with van der Waals surface area (Å²) in [5.74, 6) is 0.847. The van der Waals surface area contributed by atoms with Crippen LogP contribution in [0, 0.1) is 11.7 Å². The van der Waals surface area contributed by atoms with Crippen LogP contribution in [0.25, 0.3) is 0 Å². The quantitative estimate of drug-likeness (QED) is 0.859. The van der Waals surface area contributed by atoms with Gasteiger partial charge in [0.05, 0.1) is 13.2 Å². The van der Waals surface area contributed by atoms with Crippen molar-refractivity contribution in [2.75, 3.05) is 26.4 Å². The van der Waals surface area contributed by atoms with Crippen LogP contribution in [0.5, 0.6) is 5.75 Å². The van der Waals surface area contributed by atoms with E-state index in [1.807, 2.05) is 19.9 Å². The second-order valence-corrected chi connectivity index (χ2v) is 4.97. The van der Waals surface area contributed by atoms with E-state index in [4.69, 9.17) is 9.47 Å². The highest BCUT2D eigenvalue weighted by atomic mass is 19.1. The molecule has 1 aliphatic rings. The van der Waals surface area contributed by atoms with Gasteiger partial charge in [0.15, 0.2) is 0 Å². The van der Waals surface area contributed by atoms with Gasteiger partial charge in [0.2, 0.25) is 0 Å². The first-order chi connectivity index (χ1) is 9.22. The van der Waals surface area contributed by atoms with Crippen molar-refractivity contribution >= 4 is 0 Å². The maximum absolute atomic E-state index is 14.0. The van der Waals surface area contributed by atoms with Gasteiger partial charge in [-0.15, -0.1) is 0 Å². The lowest BCUT2D eigenvalue weighted by molar-refractivity contribution is 0.166. The third kappa shape index (κ3) is 3.67. The Morgan fingerprint density at radius 1 is 1.53 bits per heavy atom. The lowest BCUT2D eigenvalue weighted by Gasteiger charge is -2.19. The average Bonchev–Trinajstić information content (AvgIpc) is 2.89. The van der Waals surface area contributed by atoms with E-state index in [0.29, 0.717) is 23.8 Å². The van der Waals surface area contributed by atoms with Crippen molar-refractivity contribution in [2.24, 2.45) is 5.92 Å². The Balaban J connectivity index is 2.07. The van der Waals surface area contributed by atoms with Gasteiger partial charge in [0.1, 0.15) is 11.6 Å². The molecule has 0 amide bonds. The van der Waals surface area contributed by atoms with E-state index in [1.165, 1.54) is 6.07 Å². The highest BCUT2D eigenvalue weighted by Gasteiger charge is 2.19. The number of benzene rings is 1. The van der Waals surface area contributed by atoms with Gasteiger partial charge in [-0.05, 0) is 32.0 Å². The molecule has 2 atom stereocenters. The van der Waals surface area contributed by atoms with Crippen LogP contribution in [0.15, 0.2) is 18.2 Å². The fraction of sp³-hybridized carbons (Fsp3) is 0.600. The van der Waals surface area contributed by atoms with Gasteiger partial charge in [0.25, 0.3) is 0 Å². The second-order valence-electron chi connectivity index (χ2n) is 4.97. The molecule has 3 nitrogen and oxygen atoms in total. The first kappa shape index (κ1) is 14.3. The average molecular weight is 267 g/mol. The molecule has 4 heteroatoms. The first-order valence-corrected chi connectivity index (χ1v) is 6.94. The molecule has 1 N–H and O–H groups in total. The molecule has 1 aromatic carbocycles. The smallest absolute Gasteiger partial charge is 0.131 e. The van der Waals surface area contributed by atoms with Crippen LogP contribution >= 0.6 is 0 Å². The monoisotopic (exact) mass is 267 g/mol. The summed E-state index contributed by atoms with van der Waals surface area (Å²) in [6.07, 6.45) is 1.02. The van der Waals surface area contributed by atoms with Crippen LogP contribution in [-0.4, -0.2) is 26.4 Å². The van der Waals surface area contributed by atoms with E-state index in [1.54, 1.807) is 6.07 Å². The predicted octanol–water partition coefficient (Wildman–Crippen LogP) is 2.91. The van der Waals surface area contributed by atoms with E-state index in [9.17, 15) is 4.39 Å². The van der Waals surface area contributed by atoms with Crippen molar-refractivity contribution in [3.8, 4) is 5.75 Å². The zero-order valence-electron chi connectivity index (χ0n) is 11.6. The summed E-state index contributed by atoms with van der Waals surface area (Å²) >= 11 is 0. The molecular formula is C15H22FNO2. The summed E-state index contributed by atoms with van der Waals surface area (Å²) in [4.78, 5) is 0. The molecule has 0 saturated carbocycles. The van der Waals surface area contributed by atoms with Gasteiger partial charge in [-0.25, -0.2) is 4.39 Å². The largest absolute Gasteiger partial charge is 0.493 e. The van der Waals surface area contributed by atoms with Crippen molar-refractivity contribution < 1.29 is 13.9 Å². The molecule has 0 aliphatic carbocycles. The Kier molecular flexibility index (Phi) is 5.16. The van der Waals surface area contributed by atoms with Gasteiger partial charge in [-0.2, -0.15) is 0 Å². The third-order valence-electron chi connectivity index (χ3n) is 3.45. The van der Waals surface area contributed by atoms with Gasteiger partial charge >= 0.3 is 0 Å². The predicted molar refractivity (Wildman–Crippen MR) is 72.9 cm³/mol. The van der Waals surface area contributed by atoms with Gasteiger partial charge < -0.3 is 14.8 Å². The molecule has 1 aliphatic heterocycles. The summed E-state index contributed by atoms with van der Waals surface area (Å²) in [5, 5.41) is 3.23. The fourth-order valence-electron chi connectivity index (χ4n) is 2.39. The molecule has 106 valence electrons. The standard InChI is InChI=1S/C15H22FNO2/c1-3-17-11(2)15-13(16)5-4-6-14(15)19-10-12-7-8-18-9-12/h4-6,11-12,17H,3,7-10H2,1-2H3. The summed E-state index contributed by atoms with van der Waals surface area (Å²) in [7, 11) is 0. The molecule has 2 rings (SSSR count). The Morgan fingerprint density at radius 2 is 2.37 bits per heavy atom. The molecule has 0 radical (unpaired) electrons. The highest BCUT2D eigenvalue weighted by molar-refractivity contribution is 5.37. The van der Waals surface area contributed by atoms with Crippen LogP contribution in [0.1, 0.15) is 31.9 Å². The van der Waals surface area contributed by atoms with Crippen molar-refractivity contribution in [3.05, 3.63) is 29.6 Å². The first-order valence-electron chi connectivity index (χ1n) is 6.94. The zero-order valence-corrected chi connectivity index (χ0v) is 11.6. The van der Waals surface area contributed by atoms with Crippen LogP contribution in [0.2, 0.25) is 0 Å². The minimum absolute atomic E-state index is 0.0546. The van der Waals surface area contributed by atoms with E-state index in [0.717, 1.165) is 26.2 Å². The Bertz CT molecular complexity index is 405. The van der Waals surface area contributed by atoms with Crippen molar-refractivity contribution in [1.82, 2.24) is 5.32 Å². The fourth-order valence-corrected chi connectivity index (χ4v) is 2.39. The molecule has 0 aromatic heterocycles. The summed E-state index contributed by atoms with van der Waals surface area (Å²) in [6, 6.07) is 4.95. The molecule has 1 aromatic rings. The molecule has 0 bridgehead atoms. The number of ether oxygens (including phenoxy) is 2. The van der Waals surface area contributed by atoms with Crippen LogP contribution < -0.4 is 10.1 Å². The van der Waals surface area contributed by atoms with Crippen molar-refractivity contribution in [1.29, 1.82) is 0 Å². The van der Waals surface area contributed by atoms with Crippen LogP contribution in [0.4, 0.5) is 4.39 Å². The number of halogens is 1. The maximum atomic E-state index is 14.0. The number of hydrogen-bond donors (Lipinski definition) is 1. The van der Waals surface area contributed by atoms with E-state index in [2.05, 4.69) is 5.32 Å². The van der Waals surface area contributed by atoms with Gasteiger partial charge in [-0.3, -0.25) is 0 Å². The summed E-state index contributed by atoms with van der Waals surface area (Å²) in [5.41, 5.74) is 0.614. The van der Waals surface area contributed by atoms with Gasteiger partial charge in [0, 0.05) is 24.1 Å².